The molecule has 32 heavy (non-hydrogen) atoms. The Balaban J connectivity index is 1.50. The number of aryl methyl sites for hydroxylation is 1. The van der Waals surface area contributed by atoms with Crippen molar-refractivity contribution in [2.75, 3.05) is 18.0 Å². The van der Waals surface area contributed by atoms with Gasteiger partial charge in [0.2, 0.25) is 5.95 Å². The van der Waals surface area contributed by atoms with Crippen LogP contribution in [0.15, 0.2) is 47.5 Å². The molecule has 8 heteroatoms. The quantitative estimate of drug-likeness (QED) is 0.650. The first-order chi connectivity index (χ1) is 15.1. The summed E-state index contributed by atoms with van der Waals surface area (Å²) >= 11 is 1.69. The van der Waals surface area contributed by atoms with Gasteiger partial charge in [-0.05, 0) is 53.3 Å². The van der Waals surface area contributed by atoms with Crippen LogP contribution in [0.1, 0.15) is 41.7 Å². The van der Waals surface area contributed by atoms with E-state index < -0.39 is 6.10 Å². The normalized spacial score (nSPS) is 16.9. The fraction of sp³-hybridized carbons (Fsp3) is 0.375. The van der Waals surface area contributed by atoms with Crippen LogP contribution in [0.5, 0.6) is 0 Å². The van der Waals surface area contributed by atoms with E-state index in [1.807, 2.05) is 19.1 Å². The van der Waals surface area contributed by atoms with Gasteiger partial charge >= 0.3 is 5.69 Å². The molecule has 0 amide bonds. The van der Waals surface area contributed by atoms with Crippen LogP contribution in [0.2, 0.25) is 0 Å². The van der Waals surface area contributed by atoms with Crippen molar-refractivity contribution in [3.05, 3.63) is 79.9 Å². The molecule has 0 saturated carbocycles. The zero-order valence-corrected chi connectivity index (χ0v) is 19.5. The Morgan fingerprint density at radius 2 is 2.03 bits per heavy atom. The molecule has 168 valence electrons. The largest absolute Gasteiger partial charge is 0.387 e. The number of benzene rings is 1. The van der Waals surface area contributed by atoms with E-state index in [9.17, 15) is 14.3 Å². The number of hydrogen-bond acceptors (Lipinski definition) is 6. The molecule has 1 N–H and O–H groups in total. The minimum Gasteiger partial charge on any atom is -0.387 e. The predicted octanol–water partition coefficient (Wildman–Crippen LogP) is 3.76. The van der Waals surface area contributed by atoms with E-state index in [1.54, 1.807) is 22.3 Å². The molecule has 0 bridgehead atoms. The van der Waals surface area contributed by atoms with Crippen LogP contribution in [-0.4, -0.2) is 38.8 Å². The van der Waals surface area contributed by atoms with Crippen molar-refractivity contribution in [3.8, 4) is 0 Å². The zero-order valence-electron chi connectivity index (χ0n) is 18.7. The molecule has 1 aliphatic heterocycles. The summed E-state index contributed by atoms with van der Waals surface area (Å²) in [5, 5.41) is 10.7. The first kappa shape index (κ1) is 22.4. The summed E-state index contributed by atoms with van der Waals surface area (Å²) in [5.74, 6) is -0.0112. The van der Waals surface area contributed by atoms with Crippen LogP contribution in [-0.2, 0) is 12.0 Å². The summed E-state index contributed by atoms with van der Waals surface area (Å²) in [5.41, 5.74) is 2.03. The number of nitrogens with zero attached hydrogens (tertiary/aromatic N) is 4. The fourth-order valence-electron chi connectivity index (χ4n) is 3.77. The van der Waals surface area contributed by atoms with Gasteiger partial charge in [-0.25, -0.2) is 14.2 Å². The zero-order chi connectivity index (χ0) is 23.0. The number of hydrogen-bond donors (Lipinski definition) is 1. The van der Waals surface area contributed by atoms with Gasteiger partial charge in [-0.3, -0.25) is 4.57 Å². The summed E-state index contributed by atoms with van der Waals surface area (Å²) in [6.45, 7) is 9.44. The maximum atomic E-state index is 13.4. The highest BCUT2D eigenvalue weighted by atomic mass is 32.1. The van der Waals surface area contributed by atoms with Gasteiger partial charge in [0, 0.05) is 16.3 Å². The standard InChI is InChI=1S/C24H27FN4O2S/c1-15-11-16(25)5-7-18(15)19-9-10-28(13-20(19)30)22-26-14-29(23(31)27-22)12-17-6-8-21(32-17)24(2,3)4/h5-9,11,14,20,30H,10,12-13H2,1-4H3/t20-/m0/s1. The number of aromatic nitrogens is 3. The Morgan fingerprint density at radius 3 is 2.66 bits per heavy atom. The minimum atomic E-state index is -0.791. The molecule has 2 aromatic heterocycles. The molecule has 3 aromatic rings. The Morgan fingerprint density at radius 1 is 1.25 bits per heavy atom. The second kappa shape index (κ2) is 8.60. The molecule has 0 aliphatic carbocycles. The first-order valence-electron chi connectivity index (χ1n) is 10.5. The lowest BCUT2D eigenvalue weighted by Crippen LogP contribution is -2.40. The molecule has 4 rings (SSSR count). The van der Waals surface area contributed by atoms with E-state index in [4.69, 9.17) is 0 Å². The number of aliphatic hydroxyl groups excluding tert-OH is 1. The molecule has 0 spiro atoms. The second-order valence-corrected chi connectivity index (χ2v) is 10.3. The molecule has 0 radical (unpaired) electrons. The van der Waals surface area contributed by atoms with Crippen LogP contribution in [0.25, 0.3) is 5.57 Å². The van der Waals surface area contributed by atoms with E-state index in [1.165, 1.54) is 27.9 Å². The van der Waals surface area contributed by atoms with Crippen molar-refractivity contribution in [1.29, 1.82) is 0 Å². The molecule has 1 aliphatic rings. The Hall–Kier alpha value is -2.84. The fourth-order valence-corrected chi connectivity index (χ4v) is 4.84. The molecule has 1 atom stereocenters. The SMILES string of the molecule is Cc1cc(F)ccc1C1=CCN(c2ncn(Cc3ccc(C(C)(C)C)s3)c(=O)n2)C[C@@H]1O. The summed E-state index contributed by atoms with van der Waals surface area (Å²) in [6, 6.07) is 8.67. The number of aliphatic hydroxyl groups is 1. The van der Waals surface area contributed by atoms with Crippen molar-refractivity contribution >= 4 is 22.9 Å². The Labute approximate surface area is 190 Å². The van der Waals surface area contributed by atoms with E-state index in [-0.39, 0.29) is 29.4 Å². The highest BCUT2D eigenvalue weighted by Crippen LogP contribution is 2.30. The van der Waals surface area contributed by atoms with Crippen LogP contribution in [0.4, 0.5) is 10.3 Å². The summed E-state index contributed by atoms with van der Waals surface area (Å²) in [6.07, 6.45) is 2.60. The van der Waals surface area contributed by atoms with Crippen molar-refractivity contribution in [1.82, 2.24) is 14.5 Å². The molecule has 0 fully saturated rings. The van der Waals surface area contributed by atoms with Crippen LogP contribution in [0, 0.1) is 12.7 Å². The molecule has 0 saturated heterocycles. The Kier molecular flexibility index (Phi) is 6.01. The summed E-state index contributed by atoms with van der Waals surface area (Å²) < 4.78 is 14.9. The van der Waals surface area contributed by atoms with Gasteiger partial charge < -0.3 is 10.0 Å². The molecular formula is C24H27FN4O2S. The number of β-amino-alcohol motifs (C(OH)–C–C–N with tert-alkyl or cyclic N) is 1. The lowest BCUT2D eigenvalue weighted by molar-refractivity contribution is 0.233. The van der Waals surface area contributed by atoms with E-state index in [0.717, 1.165) is 21.6 Å². The molecule has 3 heterocycles. The third-order valence-corrected chi connectivity index (χ3v) is 7.04. The molecule has 6 nitrogen and oxygen atoms in total. The minimum absolute atomic E-state index is 0.0716. The van der Waals surface area contributed by atoms with Crippen LogP contribution >= 0.6 is 11.3 Å². The van der Waals surface area contributed by atoms with Gasteiger partial charge in [0.15, 0.2) is 0 Å². The lowest BCUT2D eigenvalue weighted by Gasteiger charge is -2.30. The van der Waals surface area contributed by atoms with Crippen molar-refractivity contribution in [2.24, 2.45) is 0 Å². The number of anilines is 1. The van der Waals surface area contributed by atoms with Gasteiger partial charge in [0.25, 0.3) is 0 Å². The van der Waals surface area contributed by atoms with Crippen LogP contribution < -0.4 is 10.6 Å². The summed E-state index contributed by atoms with van der Waals surface area (Å²) in [7, 11) is 0. The number of thiophene rings is 1. The topological polar surface area (TPSA) is 71.2 Å². The number of rotatable bonds is 4. The highest BCUT2D eigenvalue weighted by Gasteiger charge is 2.25. The van der Waals surface area contributed by atoms with Gasteiger partial charge in [-0.2, -0.15) is 4.98 Å². The first-order valence-corrected chi connectivity index (χ1v) is 11.4. The molecule has 1 aromatic carbocycles. The third-order valence-electron chi connectivity index (χ3n) is 5.55. The average Bonchev–Trinajstić information content (AvgIpc) is 3.19. The van der Waals surface area contributed by atoms with Gasteiger partial charge in [-0.15, -0.1) is 11.3 Å². The van der Waals surface area contributed by atoms with Crippen molar-refractivity contribution < 1.29 is 9.50 Å². The maximum Gasteiger partial charge on any atom is 0.352 e. The highest BCUT2D eigenvalue weighted by molar-refractivity contribution is 7.12. The molecular weight excluding hydrogens is 427 g/mol. The van der Waals surface area contributed by atoms with Crippen LogP contribution in [0.3, 0.4) is 0 Å². The van der Waals surface area contributed by atoms with E-state index in [2.05, 4.69) is 36.8 Å². The summed E-state index contributed by atoms with van der Waals surface area (Å²) in [4.78, 5) is 25.2. The second-order valence-electron chi connectivity index (χ2n) is 9.12. The average molecular weight is 455 g/mol. The lowest BCUT2D eigenvalue weighted by atomic mass is 9.93. The van der Waals surface area contributed by atoms with Gasteiger partial charge in [-0.1, -0.05) is 32.9 Å². The predicted molar refractivity (Wildman–Crippen MR) is 126 cm³/mol. The van der Waals surface area contributed by atoms with E-state index in [0.29, 0.717) is 13.1 Å². The maximum absolute atomic E-state index is 13.4. The smallest absolute Gasteiger partial charge is 0.352 e. The third kappa shape index (κ3) is 4.66. The van der Waals surface area contributed by atoms with Gasteiger partial charge in [0.1, 0.15) is 12.1 Å². The number of halogens is 1. The van der Waals surface area contributed by atoms with Gasteiger partial charge in [0.05, 0.1) is 19.2 Å². The monoisotopic (exact) mass is 454 g/mol. The molecule has 0 unspecified atom stereocenters. The van der Waals surface area contributed by atoms with Crippen molar-refractivity contribution in [2.45, 2.75) is 45.8 Å². The van der Waals surface area contributed by atoms with E-state index >= 15 is 0 Å². The Bertz CT molecular complexity index is 1230. The van der Waals surface area contributed by atoms with Crippen molar-refractivity contribution in [3.63, 3.8) is 0 Å².